The highest BCUT2D eigenvalue weighted by Crippen LogP contribution is 2.25. The number of nitrogens with one attached hydrogen (secondary N) is 2. The van der Waals surface area contributed by atoms with Crippen LogP contribution in [0.4, 0.5) is 0 Å². The Kier molecular flexibility index (Phi) is 5.66. The van der Waals surface area contributed by atoms with Crippen LogP contribution >= 0.6 is 23.4 Å². The normalized spacial score (nSPS) is 13.6. The first-order valence-corrected chi connectivity index (χ1v) is 9.43. The van der Waals surface area contributed by atoms with Crippen molar-refractivity contribution in [1.29, 1.82) is 0 Å². The molecule has 2 atom stereocenters. The number of imidazole rings is 1. The lowest BCUT2D eigenvalue weighted by Crippen LogP contribution is -2.33. The summed E-state index contributed by atoms with van der Waals surface area (Å²) >= 11 is 7.40. The molecule has 130 valence electrons. The number of amides is 1. The Morgan fingerprint density at radius 1 is 1.24 bits per heavy atom. The number of hydrogen-bond acceptors (Lipinski definition) is 3. The van der Waals surface area contributed by atoms with Crippen molar-refractivity contribution in [2.24, 2.45) is 0 Å². The molecule has 0 spiro atoms. The number of fused-ring (bicyclic) bond motifs is 1. The number of aromatic amines is 1. The number of H-pyrrole nitrogens is 1. The molecule has 3 rings (SSSR count). The summed E-state index contributed by atoms with van der Waals surface area (Å²) in [6, 6.07) is 15.7. The van der Waals surface area contributed by atoms with Gasteiger partial charge in [0.05, 0.1) is 16.3 Å². The molecule has 4 nitrogen and oxygen atoms in total. The van der Waals surface area contributed by atoms with Crippen molar-refractivity contribution in [3.05, 3.63) is 59.1 Å². The molecule has 2 N–H and O–H groups in total. The quantitative estimate of drug-likeness (QED) is 0.620. The predicted octanol–water partition coefficient (Wildman–Crippen LogP) is 4.62. The van der Waals surface area contributed by atoms with Crippen molar-refractivity contribution in [3.8, 4) is 0 Å². The van der Waals surface area contributed by atoms with E-state index in [-0.39, 0.29) is 17.1 Å². The van der Waals surface area contributed by atoms with E-state index in [9.17, 15) is 4.79 Å². The molecule has 0 aliphatic carbocycles. The van der Waals surface area contributed by atoms with E-state index in [2.05, 4.69) is 34.3 Å². The van der Waals surface area contributed by atoms with Crippen LogP contribution in [0.1, 0.15) is 25.3 Å². The van der Waals surface area contributed by atoms with Crippen LogP contribution in [0.15, 0.2) is 53.7 Å². The molecule has 0 aliphatic heterocycles. The lowest BCUT2D eigenvalue weighted by atomic mass is 10.0. The van der Waals surface area contributed by atoms with Gasteiger partial charge < -0.3 is 10.3 Å². The number of halogens is 1. The molecule has 0 aliphatic rings. The zero-order chi connectivity index (χ0) is 17.8. The molecule has 2 unspecified atom stereocenters. The summed E-state index contributed by atoms with van der Waals surface area (Å²) in [5.41, 5.74) is 2.94. The fourth-order valence-corrected chi connectivity index (χ4v) is 3.55. The first-order valence-electron chi connectivity index (χ1n) is 8.17. The van der Waals surface area contributed by atoms with Gasteiger partial charge in [-0.1, -0.05) is 60.6 Å². The second kappa shape index (κ2) is 7.93. The summed E-state index contributed by atoms with van der Waals surface area (Å²) in [5.74, 6) is 0.280. The van der Waals surface area contributed by atoms with Crippen LogP contribution in [0.5, 0.6) is 0 Å². The SMILES string of the molecule is CC(Sc1nc2ccc(Cl)cc2[nH]1)C(=O)NCC(C)c1ccccc1. The van der Waals surface area contributed by atoms with Gasteiger partial charge in [-0.2, -0.15) is 0 Å². The number of carbonyl (C=O) groups is 1. The van der Waals surface area contributed by atoms with E-state index < -0.39 is 0 Å². The molecule has 1 aromatic heterocycles. The smallest absolute Gasteiger partial charge is 0.233 e. The van der Waals surface area contributed by atoms with Gasteiger partial charge in [0.1, 0.15) is 0 Å². The van der Waals surface area contributed by atoms with E-state index in [4.69, 9.17) is 11.6 Å². The molecular weight excluding hydrogens is 354 g/mol. The van der Waals surface area contributed by atoms with Gasteiger partial charge in [-0.25, -0.2) is 4.98 Å². The minimum Gasteiger partial charge on any atom is -0.355 e. The Bertz CT molecular complexity index is 865. The molecule has 0 saturated heterocycles. The van der Waals surface area contributed by atoms with Crippen molar-refractivity contribution in [2.45, 2.75) is 30.2 Å². The van der Waals surface area contributed by atoms with Crippen molar-refractivity contribution in [3.63, 3.8) is 0 Å². The lowest BCUT2D eigenvalue weighted by molar-refractivity contribution is -0.120. The Labute approximate surface area is 156 Å². The summed E-state index contributed by atoms with van der Waals surface area (Å²) in [6.45, 7) is 4.60. The van der Waals surface area contributed by atoms with E-state index in [0.717, 1.165) is 16.2 Å². The predicted molar refractivity (Wildman–Crippen MR) is 104 cm³/mol. The standard InChI is InChI=1S/C19H20ClN3OS/c1-12(14-6-4-3-5-7-14)11-21-18(24)13(2)25-19-22-16-9-8-15(20)10-17(16)23-19/h3-10,12-13H,11H2,1-2H3,(H,21,24)(H,22,23). The highest BCUT2D eigenvalue weighted by atomic mass is 35.5. The van der Waals surface area contributed by atoms with Gasteiger partial charge in [0, 0.05) is 11.6 Å². The van der Waals surface area contributed by atoms with Crippen molar-refractivity contribution < 1.29 is 4.79 Å². The van der Waals surface area contributed by atoms with Gasteiger partial charge >= 0.3 is 0 Å². The average Bonchev–Trinajstić information content (AvgIpc) is 3.01. The van der Waals surface area contributed by atoms with Crippen LogP contribution in [0.25, 0.3) is 11.0 Å². The van der Waals surface area contributed by atoms with E-state index in [1.807, 2.05) is 37.3 Å². The van der Waals surface area contributed by atoms with Gasteiger partial charge in [-0.3, -0.25) is 4.79 Å². The van der Waals surface area contributed by atoms with Crippen LogP contribution in [-0.4, -0.2) is 27.7 Å². The first kappa shape index (κ1) is 17.8. The highest BCUT2D eigenvalue weighted by Gasteiger charge is 2.17. The largest absolute Gasteiger partial charge is 0.355 e. The molecule has 3 aromatic rings. The average molecular weight is 374 g/mol. The summed E-state index contributed by atoms with van der Waals surface area (Å²) in [6.07, 6.45) is 0. The van der Waals surface area contributed by atoms with Crippen LogP contribution in [0, 0.1) is 0 Å². The number of thioether (sulfide) groups is 1. The third-order valence-electron chi connectivity index (χ3n) is 4.03. The minimum absolute atomic E-state index is 0.00581. The van der Waals surface area contributed by atoms with Gasteiger partial charge in [-0.15, -0.1) is 0 Å². The number of benzene rings is 2. The molecule has 0 bridgehead atoms. The molecule has 2 aromatic carbocycles. The first-order chi connectivity index (χ1) is 12.0. The number of hydrogen-bond donors (Lipinski definition) is 2. The topological polar surface area (TPSA) is 57.8 Å². The molecule has 0 fully saturated rings. The fraction of sp³-hybridized carbons (Fsp3) is 0.263. The van der Waals surface area contributed by atoms with E-state index >= 15 is 0 Å². The van der Waals surface area contributed by atoms with Crippen LogP contribution in [0.2, 0.25) is 5.02 Å². The van der Waals surface area contributed by atoms with E-state index in [1.54, 1.807) is 6.07 Å². The third-order valence-corrected chi connectivity index (χ3v) is 5.25. The van der Waals surface area contributed by atoms with Crippen LogP contribution in [-0.2, 0) is 4.79 Å². The molecule has 25 heavy (non-hydrogen) atoms. The summed E-state index contributed by atoms with van der Waals surface area (Å²) < 4.78 is 0. The number of nitrogens with zero attached hydrogens (tertiary/aromatic N) is 1. The van der Waals surface area contributed by atoms with Gasteiger partial charge in [-0.05, 0) is 36.6 Å². The summed E-state index contributed by atoms with van der Waals surface area (Å²) in [5, 5.41) is 4.16. The molecular formula is C19H20ClN3OS. The van der Waals surface area contributed by atoms with Crippen LogP contribution in [0.3, 0.4) is 0 Å². The lowest BCUT2D eigenvalue weighted by Gasteiger charge is -2.15. The Balaban J connectivity index is 1.56. The number of aromatic nitrogens is 2. The number of carbonyl (C=O) groups excluding carboxylic acids is 1. The maximum Gasteiger partial charge on any atom is 0.233 e. The Hall–Kier alpha value is -1.98. The summed E-state index contributed by atoms with van der Waals surface area (Å²) in [7, 11) is 0. The minimum atomic E-state index is -0.237. The fourth-order valence-electron chi connectivity index (χ4n) is 2.53. The Morgan fingerprint density at radius 3 is 2.76 bits per heavy atom. The summed E-state index contributed by atoms with van der Waals surface area (Å²) in [4.78, 5) is 20.0. The van der Waals surface area contributed by atoms with Gasteiger partial charge in [0.15, 0.2) is 5.16 Å². The third kappa shape index (κ3) is 4.55. The van der Waals surface area contributed by atoms with Crippen molar-refractivity contribution >= 4 is 40.3 Å². The molecule has 6 heteroatoms. The van der Waals surface area contributed by atoms with Gasteiger partial charge in [0.25, 0.3) is 0 Å². The van der Waals surface area contributed by atoms with Gasteiger partial charge in [0.2, 0.25) is 5.91 Å². The molecule has 0 saturated carbocycles. The monoisotopic (exact) mass is 373 g/mol. The zero-order valence-corrected chi connectivity index (χ0v) is 15.7. The van der Waals surface area contributed by atoms with Crippen LogP contribution < -0.4 is 5.32 Å². The maximum absolute atomic E-state index is 12.4. The molecule has 1 amide bonds. The van der Waals surface area contributed by atoms with E-state index in [1.165, 1.54) is 17.3 Å². The highest BCUT2D eigenvalue weighted by molar-refractivity contribution is 8.00. The van der Waals surface area contributed by atoms with Crippen molar-refractivity contribution in [1.82, 2.24) is 15.3 Å². The molecule has 0 radical (unpaired) electrons. The van der Waals surface area contributed by atoms with E-state index in [0.29, 0.717) is 11.6 Å². The number of rotatable bonds is 6. The van der Waals surface area contributed by atoms with Crippen molar-refractivity contribution in [2.75, 3.05) is 6.54 Å². The Morgan fingerprint density at radius 2 is 2.00 bits per heavy atom. The second-order valence-electron chi connectivity index (χ2n) is 6.02. The maximum atomic E-state index is 12.4. The zero-order valence-electron chi connectivity index (χ0n) is 14.1. The molecule has 1 heterocycles. The second-order valence-corrected chi connectivity index (χ2v) is 7.79.